The predicted molar refractivity (Wildman–Crippen MR) is 105 cm³/mol. The van der Waals surface area contributed by atoms with E-state index in [1.165, 1.54) is 7.11 Å². The Morgan fingerprint density at radius 3 is 2.64 bits per heavy atom. The van der Waals surface area contributed by atoms with Crippen molar-refractivity contribution < 1.29 is 19.1 Å². The first kappa shape index (κ1) is 19.2. The summed E-state index contributed by atoms with van der Waals surface area (Å²) in [4.78, 5) is 29.6. The van der Waals surface area contributed by atoms with Crippen LogP contribution in [0.1, 0.15) is 34.5 Å². The van der Waals surface area contributed by atoms with E-state index >= 15 is 0 Å². The lowest BCUT2D eigenvalue weighted by Gasteiger charge is -2.11. The molecule has 0 radical (unpaired) electrons. The number of methoxy groups -OCH3 is 2. The summed E-state index contributed by atoms with van der Waals surface area (Å²) in [6, 6.07) is 10.4. The van der Waals surface area contributed by atoms with E-state index in [-0.39, 0.29) is 17.4 Å². The van der Waals surface area contributed by atoms with Crippen molar-refractivity contribution in [2.24, 2.45) is 0 Å². The van der Waals surface area contributed by atoms with Crippen LogP contribution < -0.4 is 20.1 Å². The van der Waals surface area contributed by atoms with Gasteiger partial charge in [-0.2, -0.15) is 0 Å². The molecular weight excluding hydrogens is 360 g/mol. The van der Waals surface area contributed by atoms with Crippen molar-refractivity contribution in [2.75, 3.05) is 26.1 Å². The van der Waals surface area contributed by atoms with Gasteiger partial charge in [0.25, 0.3) is 11.8 Å². The number of carbonyl (C=O) groups excluding carboxylic acids is 2. The number of anilines is 1. The van der Waals surface area contributed by atoms with Crippen molar-refractivity contribution >= 4 is 23.0 Å². The molecule has 0 fully saturated rings. The highest BCUT2D eigenvalue weighted by Crippen LogP contribution is 2.29. The van der Waals surface area contributed by atoms with E-state index in [2.05, 4.69) is 15.6 Å². The Kier molecular flexibility index (Phi) is 5.78. The van der Waals surface area contributed by atoms with Crippen LogP contribution in [-0.2, 0) is 0 Å². The van der Waals surface area contributed by atoms with Gasteiger partial charge in [0.1, 0.15) is 11.5 Å². The maximum absolute atomic E-state index is 12.9. The van der Waals surface area contributed by atoms with E-state index in [1.807, 2.05) is 6.92 Å². The quantitative estimate of drug-likeness (QED) is 0.655. The van der Waals surface area contributed by atoms with Crippen molar-refractivity contribution in [3.05, 3.63) is 54.1 Å². The Morgan fingerprint density at radius 1 is 1.11 bits per heavy atom. The highest BCUT2D eigenvalue weighted by atomic mass is 16.5. The largest absolute Gasteiger partial charge is 0.497 e. The molecule has 1 aromatic carbocycles. The van der Waals surface area contributed by atoms with E-state index < -0.39 is 5.91 Å². The molecule has 2 heterocycles. The molecule has 2 aromatic heterocycles. The molecule has 8 nitrogen and oxygen atoms in total. The van der Waals surface area contributed by atoms with Crippen molar-refractivity contribution in [1.29, 1.82) is 0 Å². The van der Waals surface area contributed by atoms with E-state index in [0.29, 0.717) is 29.2 Å². The van der Waals surface area contributed by atoms with Gasteiger partial charge in [0.05, 0.1) is 25.4 Å². The third kappa shape index (κ3) is 3.75. The van der Waals surface area contributed by atoms with Gasteiger partial charge < -0.3 is 20.1 Å². The van der Waals surface area contributed by atoms with Crippen LogP contribution in [0.3, 0.4) is 0 Å². The molecule has 0 bridgehead atoms. The van der Waals surface area contributed by atoms with Gasteiger partial charge in [0.15, 0.2) is 5.69 Å². The average Bonchev–Trinajstić information content (AvgIpc) is 3.12. The molecular formula is C20H22N4O4. The average molecular weight is 382 g/mol. The van der Waals surface area contributed by atoms with Crippen molar-refractivity contribution in [2.45, 2.75) is 13.3 Å². The Morgan fingerprint density at radius 2 is 1.93 bits per heavy atom. The Labute approximate surface area is 162 Å². The van der Waals surface area contributed by atoms with E-state index in [4.69, 9.17) is 9.47 Å². The predicted octanol–water partition coefficient (Wildman–Crippen LogP) is 2.74. The molecule has 0 saturated carbocycles. The summed E-state index contributed by atoms with van der Waals surface area (Å²) in [6.07, 6.45) is 2.50. The number of pyridine rings is 1. The van der Waals surface area contributed by atoms with Crippen LogP contribution in [0.5, 0.6) is 11.5 Å². The minimum atomic E-state index is -0.459. The van der Waals surface area contributed by atoms with E-state index in [1.54, 1.807) is 54.1 Å². The molecule has 8 heteroatoms. The molecule has 0 unspecified atom stereocenters. The normalized spacial score (nSPS) is 10.5. The fraction of sp³-hybridized carbons (Fsp3) is 0.250. The number of hydrogen-bond donors (Lipinski definition) is 2. The molecule has 0 aliphatic heterocycles. The number of fused-ring (bicyclic) bond motifs is 1. The molecule has 2 amide bonds. The number of benzene rings is 1. The molecule has 2 N–H and O–H groups in total. The second-order valence-electron chi connectivity index (χ2n) is 6.02. The third-order valence-electron chi connectivity index (χ3n) is 4.16. The molecule has 0 atom stereocenters. The third-order valence-corrected chi connectivity index (χ3v) is 4.16. The summed E-state index contributed by atoms with van der Waals surface area (Å²) in [7, 11) is 3.06. The fourth-order valence-electron chi connectivity index (χ4n) is 2.77. The minimum absolute atomic E-state index is 0.107. The molecule has 0 saturated heterocycles. The van der Waals surface area contributed by atoms with E-state index in [9.17, 15) is 9.59 Å². The van der Waals surface area contributed by atoms with Gasteiger partial charge in [-0.25, -0.2) is 4.98 Å². The van der Waals surface area contributed by atoms with Crippen molar-refractivity contribution in [1.82, 2.24) is 14.7 Å². The summed E-state index contributed by atoms with van der Waals surface area (Å²) in [5.74, 6) is 0.395. The zero-order chi connectivity index (χ0) is 20.1. The van der Waals surface area contributed by atoms with Gasteiger partial charge in [0, 0.05) is 18.8 Å². The SMILES string of the molecule is CCCNC(=O)c1nc(C(=O)Nc2ccc(OC)cc2OC)n2ccccc12. The van der Waals surface area contributed by atoms with Crippen LogP contribution in [0.25, 0.3) is 5.52 Å². The maximum atomic E-state index is 12.9. The number of rotatable bonds is 7. The number of amides is 2. The number of nitrogens with zero attached hydrogens (tertiary/aromatic N) is 2. The lowest BCUT2D eigenvalue weighted by Crippen LogP contribution is -2.24. The monoisotopic (exact) mass is 382 g/mol. The van der Waals surface area contributed by atoms with Gasteiger partial charge in [-0.15, -0.1) is 0 Å². The molecule has 146 valence electrons. The minimum Gasteiger partial charge on any atom is -0.497 e. The number of carbonyl (C=O) groups is 2. The number of nitrogens with one attached hydrogen (secondary N) is 2. The van der Waals surface area contributed by atoms with Gasteiger partial charge >= 0.3 is 0 Å². The fourth-order valence-corrected chi connectivity index (χ4v) is 2.77. The molecule has 28 heavy (non-hydrogen) atoms. The van der Waals surface area contributed by atoms with Crippen LogP contribution in [-0.4, -0.2) is 42.0 Å². The first-order valence-electron chi connectivity index (χ1n) is 8.87. The van der Waals surface area contributed by atoms with Crippen LogP contribution in [0.2, 0.25) is 0 Å². The molecule has 0 aliphatic carbocycles. The summed E-state index contributed by atoms with van der Waals surface area (Å²) in [6.45, 7) is 2.50. The number of hydrogen-bond acceptors (Lipinski definition) is 5. The second kappa shape index (κ2) is 8.43. The summed E-state index contributed by atoms with van der Waals surface area (Å²) < 4.78 is 12.1. The van der Waals surface area contributed by atoms with Gasteiger partial charge in [0.2, 0.25) is 5.82 Å². The molecule has 3 rings (SSSR count). The maximum Gasteiger partial charge on any atom is 0.292 e. The van der Waals surface area contributed by atoms with Crippen LogP contribution in [0.15, 0.2) is 42.6 Å². The highest BCUT2D eigenvalue weighted by Gasteiger charge is 2.22. The Hall–Kier alpha value is -3.55. The first-order chi connectivity index (χ1) is 13.6. The lowest BCUT2D eigenvalue weighted by atomic mass is 10.2. The smallest absolute Gasteiger partial charge is 0.292 e. The van der Waals surface area contributed by atoms with Crippen LogP contribution in [0, 0.1) is 0 Å². The standard InChI is InChI=1S/C20H22N4O4/c1-4-10-21-19(25)17-15-7-5-6-11-24(15)18(23-17)20(26)22-14-9-8-13(27-2)12-16(14)28-3/h5-9,11-12H,4,10H2,1-3H3,(H,21,25)(H,22,26). The van der Waals surface area contributed by atoms with Crippen LogP contribution >= 0.6 is 0 Å². The summed E-state index contributed by atoms with van der Waals surface area (Å²) in [5.41, 5.74) is 1.24. The Bertz CT molecular complexity index is 1010. The molecule has 3 aromatic rings. The van der Waals surface area contributed by atoms with Gasteiger partial charge in [-0.3, -0.25) is 14.0 Å². The summed E-state index contributed by atoms with van der Waals surface area (Å²) in [5, 5.41) is 5.58. The zero-order valence-electron chi connectivity index (χ0n) is 16.0. The molecule has 0 spiro atoms. The number of imidazole rings is 1. The first-order valence-corrected chi connectivity index (χ1v) is 8.87. The molecule has 0 aliphatic rings. The number of aromatic nitrogens is 2. The Balaban J connectivity index is 1.95. The van der Waals surface area contributed by atoms with Crippen LogP contribution in [0.4, 0.5) is 5.69 Å². The topological polar surface area (TPSA) is 94.0 Å². The highest BCUT2D eigenvalue weighted by molar-refractivity contribution is 6.06. The number of ether oxygens (including phenoxy) is 2. The van der Waals surface area contributed by atoms with Gasteiger partial charge in [-0.1, -0.05) is 13.0 Å². The van der Waals surface area contributed by atoms with Crippen molar-refractivity contribution in [3.8, 4) is 11.5 Å². The summed E-state index contributed by atoms with van der Waals surface area (Å²) >= 11 is 0. The second-order valence-corrected chi connectivity index (χ2v) is 6.02. The lowest BCUT2D eigenvalue weighted by molar-refractivity contribution is 0.0951. The van der Waals surface area contributed by atoms with E-state index in [0.717, 1.165) is 6.42 Å². The zero-order valence-corrected chi connectivity index (χ0v) is 16.0. The van der Waals surface area contributed by atoms with Crippen molar-refractivity contribution in [3.63, 3.8) is 0 Å². The van der Waals surface area contributed by atoms with Gasteiger partial charge in [-0.05, 0) is 30.7 Å².